The Morgan fingerprint density at radius 3 is 2.00 bits per heavy atom. The number of ketones is 1. The van der Waals surface area contributed by atoms with Crippen molar-refractivity contribution in [3.05, 3.63) is 59.8 Å². The van der Waals surface area contributed by atoms with Gasteiger partial charge >= 0.3 is 0 Å². The first-order valence-electron chi connectivity index (χ1n) is 9.38. The summed E-state index contributed by atoms with van der Waals surface area (Å²) in [7, 11) is -2.02. The molecule has 0 N–H and O–H groups in total. The van der Waals surface area contributed by atoms with Crippen LogP contribution in [0.15, 0.2) is 48.7 Å². The van der Waals surface area contributed by atoms with E-state index in [4.69, 9.17) is 4.98 Å². The molecule has 2 nitrogen and oxygen atoms in total. The van der Waals surface area contributed by atoms with E-state index in [0.29, 0.717) is 22.2 Å². The molecule has 1 aromatic carbocycles. The van der Waals surface area contributed by atoms with Gasteiger partial charge in [-0.2, -0.15) is 0 Å². The summed E-state index contributed by atoms with van der Waals surface area (Å²) in [5.74, 6) is 5.71. The summed E-state index contributed by atoms with van der Waals surface area (Å²) in [5.41, 5.74) is 3.02. The minimum Gasteiger partial charge on any atom is -0.279 e. The van der Waals surface area contributed by atoms with Gasteiger partial charge in [0.25, 0.3) is 0 Å². The van der Waals surface area contributed by atoms with Crippen molar-refractivity contribution in [3.8, 4) is 11.8 Å². The van der Waals surface area contributed by atoms with Crippen LogP contribution in [0.25, 0.3) is 0 Å². The third-order valence-electron chi connectivity index (χ3n) is 5.42. The molecule has 2 aromatic rings. The first-order valence-corrected chi connectivity index (χ1v) is 11.6. The first kappa shape index (κ1) is 20.1. The zero-order valence-electron chi connectivity index (χ0n) is 16.7. The second-order valence-corrected chi connectivity index (χ2v) is 13.5. The molecule has 0 fully saturated rings. The summed E-state index contributed by atoms with van der Waals surface area (Å²) < 4.78 is 0. The lowest BCUT2D eigenvalue weighted by Gasteiger charge is -2.43. The van der Waals surface area contributed by atoms with Crippen molar-refractivity contribution in [2.45, 2.75) is 58.2 Å². The molecule has 3 heteroatoms. The Balaban J connectivity index is 2.57. The van der Waals surface area contributed by atoms with Gasteiger partial charge in [-0.1, -0.05) is 65.7 Å². The number of benzene rings is 1. The van der Waals surface area contributed by atoms with Gasteiger partial charge in [0.2, 0.25) is 5.78 Å². The predicted octanol–water partition coefficient (Wildman–Crippen LogP) is 5.20. The number of rotatable bonds is 5. The van der Waals surface area contributed by atoms with E-state index in [1.54, 1.807) is 0 Å². The van der Waals surface area contributed by atoms with Crippen molar-refractivity contribution in [1.29, 1.82) is 0 Å². The molecule has 0 bridgehead atoms. The molecule has 0 aliphatic carbocycles. The zero-order chi connectivity index (χ0) is 19.3. The molecule has 1 heterocycles. The van der Waals surface area contributed by atoms with E-state index in [0.717, 1.165) is 10.9 Å². The van der Waals surface area contributed by atoms with E-state index in [1.165, 1.54) is 0 Å². The van der Waals surface area contributed by atoms with E-state index >= 15 is 0 Å². The van der Waals surface area contributed by atoms with Crippen LogP contribution in [-0.2, 0) is 0 Å². The highest BCUT2D eigenvalue weighted by Gasteiger charge is 2.47. The minimum absolute atomic E-state index is 0.129. The van der Waals surface area contributed by atoms with Crippen LogP contribution in [0.3, 0.4) is 0 Å². The summed E-state index contributed by atoms with van der Waals surface area (Å²) >= 11 is 0. The SMILES string of the molecule is CC(C)[Si](c1ncccc1C(=O)C#Cc1ccccc1)(C(C)C)C(C)C. The number of nitrogens with zero attached hydrogens (tertiary/aromatic N) is 1. The number of Topliss-reactive ketones (excluding diaryl/α,β-unsaturated/α-hetero) is 1. The monoisotopic (exact) mass is 363 g/mol. The molecule has 26 heavy (non-hydrogen) atoms. The Morgan fingerprint density at radius 2 is 1.46 bits per heavy atom. The summed E-state index contributed by atoms with van der Waals surface area (Å²) in [4.78, 5) is 17.7. The summed E-state index contributed by atoms with van der Waals surface area (Å²) in [5, 5.41) is 1.02. The van der Waals surface area contributed by atoms with Gasteiger partial charge in [-0.3, -0.25) is 9.78 Å². The zero-order valence-corrected chi connectivity index (χ0v) is 17.7. The summed E-state index contributed by atoms with van der Waals surface area (Å²) in [6.07, 6.45) is 1.83. The Morgan fingerprint density at radius 1 is 0.885 bits per heavy atom. The maximum atomic E-state index is 13.0. The molecular weight excluding hydrogens is 334 g/mol. The van der Waals surface area contributed by atoms with Crippen molar-refractivity contribution >= 4 is 19.2 Å². The number of hydrogen-bond acceptors (Lipinski definition) is 2. The molecule has 1 aromatic heterocycles. The van der Waals surface area contributed by atoms with Crippen LogP contribution in [-0.4, -0.2) is 18.8 Å². The third kappa shape index (κ3) is 3.81. The van der Waals surface area contributed by atoms with Crippen molar-refractivity contribution in [2.75, 3.05) is 0 Å². The van der Waals surface area contributed by atoms with Gasteiger partial charge in [0.05, 0.1) is 0 Å². The number of pyridine rings is 1. The maximum absolute atomic E-state index is 13.0. The Labute approximate surface area is 159 Å². The van der Waals surface area contributed by atoms with Gasteiger partial charge in [0, 0.05) is 22.6 Å². The average molecular weight is 364 g/mol. The molecule has 0 aliphatic heterocycles. The average Bonchev–Trinajstić information content (AvgIpc) is 2.60. The second kappa shape index (κ2) is 8.47. The molecule has 0 spiro atoms. The van der Waals surface area contributed by atoms with Gasteiger partial charge < -0.3 is 0 Å². The van der Waals surface area contributed by atoms with Crippen molar-refractivity contribution in [2.24, 2.45) is 0 Å². The fourth-order valence-electron chi connectivity index (χ4n) is 4.47. The van der Waals surface area contributed by atoms with E-state index in [1.807, 2.05) is 48.7 Å². The van der Waals surface area contributed by atoms with Crippen molar-refractivity contribution in [3.63, 3.8) is 0 Å². The molecule has 0 saturated heterocycles. The number of aromatic nitrogens is 1. The second-order valence-electron chi connectivity index (χ2n) is 7.74. The highest BCUT2D eigenvalue weighted by molar-refractivity contribution is 6.95. The molecule has 0 radical (unpaired) electrons. The molecule has 0 saturated carbocycles. The van der Waals surface area contributed by atoms with Crippen LogP contribution in [0, 0.1) is 11.8 Å². The van der Waals surface area contributed by atoms with E-state index in [-0.39, 0.29) is 5.78 Å². The molecular formula is C23H29NOSi. The fourth-order valence-corrected chi connectivity index (χ4v) is 11.1. The topological polar surface area (TPSA) is 30.0 Å². The van der Waals surface area contributed by atoms with Crippen LogP contribution < -0.4 is 5.32 Å². The van der Waals surface area contributed by atoms with Gasteiger partial charge in [-0.25, -0.2) is 0 Å². The van der Waals surface area contributed by atoms with Gasteiger partial charge in [0.15, 0.2) is 0 Å². The quantitative estimate of drug-likeness (QED) is 0.415. The van der Waals surface area contributed by atoms with Crippen LogP contribution in [0.4, 0.5) is 0 Å². The standard InChI is InChI=1S/C23H29NOSi/c1-17(2)26(18(3)4,19(5)6)23-21(13-10-16-24-23)22(25)15-14-20-11-8-7-9-12-20/h7-13,16-19H,1-6H3. The molecule has 136 valence electrons. The largest absolute Gasteiger partial charge is 0.279 e. The molecule has 0 amide bonds. The lowest BCUT2D eigenvalue weighted by molar-refractivity contribution is 0.105. The maximum Gasteiger partial charge on any atom is 0.237 e. The minimum atomic E-state index is -2.02. The lowest BCUT2D eigenvalue weighted by atomic mass is 10.1. The Kier molecular flexibility index (Phi) is 6.56. The first-order chi connectivity index (χ1) is 12.3. The molecule has 0 unspecified atom stereocenters. The van der Waals surface area contributed by atoms with Crippen molar-refractivity contribution in [1.82, 2.24) is 4.98 Å². The highest BCUT2D eigenvalue weighted by Crippen LogP contribution is 2.41. The fraction of sp³-hybridized carbons (Fsp3) is 0.391. The Hall–Kier alpha value is -2.18. The number of carbonyl (C=O) groups is 1. The van der Waals surface area contributed by atoms with Gasteiger partial charge in [0.1, 0.15) is 8.07 Å². The van der Waals surface area contributed by atoms with Crippen LogP contribution in [0.5, 0.6) is 0 Å². The highest BCUT2D eigenvalue weighted by atomic mass is 28.3. The van der Waals surface area contributed by atoms with Crippen molar-refractivity contribution < 1.29 is 4.79 Å². The molecule has 0 aliphatic rings. The van der Waals surface area contributed by atoms with Crippen LogP contribution in [0.2, 0.25) is 16.6 Å². The van der Waals surface area contributed by atoms with E-state index in [2.05, 4.69) is 53.4 Å². The lowest BCUT2D eigenvalue weighted by Crippen LogP contribution is -2.58. The normalized spacial score (nSPS) is 11.6. The van der Waals surface area contributed by atoms with E-state index < -0.39 is 8.07 Å². The smallest absolute Gasteiger partial charge is 0.237 e. The molecule has 2 rings (SSSR count). The molecule has 0 atom stereocenters. The van der Waals surface area contributed by atoms with Crippen LogP contribution in [0.1, 0.15) is 57.5 Å². The van der Waals surface area contributed by atoms with Gasteiger partial charge in [-0.15, -0.1) is 0 Å². The number of carbonyl (C=O) groups excluding carboxylic acids is 1. The van der Waals surface area contributed by atoms with Gasteiger partial charge in [-0.05, 0) is 46.8 Å². The summed E-state index contributed by atoms with van der Waals surface area (Å²) in [6.45, 7) is 13.7. The number of hydrogen-bond donors (Lipinski definition) is 0. The summed E-state index contributed by atoms with van der Waals surface area (Å²) in [6, 6.07) is 13.4. The van der Waals surface area contributed by atoms with E-state index in [9.17, 15) is 4.79 Å². The predicted molar refractivity (Wildman–Crippen MR) is 113 cm³/mol. The van der Waals surface area contributed by atoms with Crippen LogP contribution >= 0.6 is 0 Å². The third-order valence-corrected chi connectivity index (χ3v) is 12.4. The Bertz CT molecular complexity index is 791.